The molecule has 2 heterocycles. The number of piperazine rings is 1. The van der Waals surface area contributed by atoms with Gasteiger partial charge in [-0.15, -0.1) is 0 Å². The van der Waals surface area contributed by atoms with Gasteiger partial charge in [-0.25, -0.2) is 0 Å². The molecule has 1 fully saturated rings. The van der Waals surface area contributed by atoms with E-state index in [0.717, 1.165) is 19.6 Å². The number of amides is 1. The third kappa shape index (κ3) is 3.75. The Kier molecular flexibility index (Phi) is 5.32. The zero-order valence-electron chi connectivity index (χ0n) is 15.1. The molecule has 0 atom stereocenters. The first kappa shape index (κ1) is 18.1. The molecule has 0 unspecified atom stereocenters. The van der Waals surface area contributed by atoms with E-state index >= 15 is 0 Å². The van der Waals surface area contributed by atoms with Crippen LogP contribution in [0.1, 0.15) is 28.5 Å². The molecule has 8 heteroatoms. The van der Waals surface area contributed by atoms with Crippen molar-refractivity contribution in [3.8, 4) is 0 Å². The Morgan fingerprint density at radius 1 is 1.23 bits per heavy atom. The van der Waals surface area contributed by atoms with Crippen molar-refractivity contribution in [3.05, 3.63) is 57.4 Å². The minimum absolute atomic E-state index is 0.0656. The van der Waals surface area contributed by atoms with Gasteiger partial charge in [0.1, 0.15) is 6.20 Å². The van der Waals surface area contributed by atoms with E-state index in [-0.39, 0.29) is 17.3 Å². The van der Waals surface area contributed by atoms with Crippen molar-refractivity contribution in [3.63, 3.8) is 0 Å². The van der Waals surface area contributed by atoms with Crippen LogP contribution in [0, 0.1) is 17.0 Å². The zero-order chi connectivity index (χ0) is 18.7. The predicted octanol–water partition coefficient (Wildman–Crippen LogP) is 2.08. The summed E-state index contributed by atoms with van der Waals surface area (Å²) in [5.74, 6) is -0.362. The maximum Gasteiger partial charge on any atom is 0.320 e. The molecule has 1 aliphatic rings. The number of aryl methyl sites for hydroxylation is 2. The first-order valence-electron chi connectivity index (χ1n) is 8.77. The van der Waals surface area contributed by atoms with Crippen LogP contribution in [0.5, 0.6) is 0 Å². The van der Waals surface area contributed by atoms with Crippen molar-refractivity contribution in [1.82, 2.24) is 19.6 Å². The predicted molar refractivity (Wildman–Crippen MR) is 96.9 cm³/mol. The van der Waals surface area contributed by atoms with Crippen LogP contribution in [0.25, 0.3) is 0 Å². The summed E-state index contributed by atoms with van der Waals surface area (Å²) in [5, 5.41) is 15.3. The standard InChI is InChI=1S/C18H23N5O3/c1-3-22-13-16(23(25)26)17(19-22)18(24)21-10-8-20(9-11-21)12-15-7-5-4-6-14(15)2/h4-7,13H,3,8-12H2,1-2H3. The topological polar surface area (TPSA) is 84.5 Å². The van der Waals surface area contributed by atoms with Gasteiger partial charge in [0.25, 0.3) is 5.91 Å². The fourth-order valence-corrected chi connectivity index (χ4v) is 3.15. The van der Waals surface area contributed by atoms with Gasteiger partial charge in [0.15, 0.2) is 0 Å². The number of hydrogen-bond acceptors (Lipinski definition) is 5. The Morgan fingerprint density at radius 2 is 1.92 bits per heavy atom. The lowest BCUT2D eigenvalue weighted by atomic mass is 10.1. The van der Waals surface area contributed by atoms with E-state index in [1.54, 1.807) is 4.90 Å². The van der Waals surface area contributed by atoms with Gasteiger partial charge >= 0.3 is 5.69 Å². The smallest absolute Gasteiger partial charge is 0.320 e. The monoisotopic (exact) mass is 357 g/mol. The third-order valence-corrected chi connectivity index (χ3v) is 4.78. The molecule has 1 saturated heterocycles. The molecule has 26 heavy (non-hydrogen) atoms. The van der Waals surface area contributed by atoms with Crippen LogP contribution in [-0.2, 0) is 13.1 Å². The van der Waals surface area contributed by atoms with Gasteiger partial charge in [-0.05, 0) is 25.0 Å². The van der Waals surface area contributed by atoms with Crippen molar-refractivity contribution in [2.45, 2.75) is 26.9 Å². The molecule has 3 rings (SSSR count). The lowest BCUT2D eigenvalue weighted by molar-refractivity contribution is -0.385. The maximum atomic E-state index is 12.7. The van der Waals surface area contributed by atoms with Gasteiger partial charge in [-0.2, -0.15) is 5.10 Å². The second-order valence-electron chi connectivity index (χ2n) is 6.47. The number of aromatic nitrogens is 2. The van der Waals surface area contributed by atoms with E-state index in [4.69, 9.17) is 0 Å². The molecule has 1 aromatic heterocycles. The normalized spacial score (nSPS) is 15.2. The van der Waals surface area contributed by atoms with Gasteiger partial charge in [-0.3, -0.25) is 24.5 Å². The number of nitrogens with zero attached hydrogens (tertiary/aromatic N) is 5. The molecule has 1 amide bonds. The molecule has 8 nitrogen and oxygen atoms in total. The van der Waals surface area contributed by atoms with Crippen LogP contribution >= 0.6 is 0 Å². The van der Waals surface area contributed by atoms with E-state index in [1.807, 2.05) is 19.1 Å². The largest absolute Gasteiger partial charge is 0.334 e. The number of carbonyl (C=O) groups is 1. The quantitative estimate of drug-likeness (QED) is 0.604. The molecule has 0 saturated carbocycles. The molecule has 1 aliphatic heterocycles. The van der Waals surface area contributed by atoms with Crippen LogP contribution < -0.4 is 0 Å². The average Bonchev–Trinajstić information content (AvgIpc) is 3.08. The number of rotatable bonds is 5. The van der Waals surface area contributed by atoms with Crippen molar-refractivity contribution in [2.75, 3.05) is 26.2 Å². The van der Waals surface area contributed by atoms with Gasteiger partial charge in [-0.1, -0.05) is 24.3 Å². The first-order valence-corrected chi connectivity index (χ1v) is 8.77. The molecule has 1 aromatic carbocycles. The molecule has 0 aliphatic carbocycles. The number of benzene rings is 1. The van der Waals surface area contributed by atoms with Gasteiger partial charge in [0.05, 0.1) is 4.92 Å². The maximum absolute atomic E-state index is 12.7. The van der Waals surface area contributed by atoms with Crippen molar-refractivity contribution < 1.29 is 9.72 Å². The lowest BCUT2D eigenvalue weighted by Crippen LogP contribution is -2.48. The lowest BCUT2D eigenvalue weighted by Gasteiger charge is -2.34. The number of hydrogen-bond donors (Lipinski definition) is 0. The molecule has 0 N–H and O–H groups in total. The second kappa shape index (κ2) is 7.65. The van der Waals surface area contributed by atoms with Crippen molar-refractivity contribution in [1.29, 1.82) is 0 Å². The fourth-order valence-electron chi connectivity index (χ4n) is 3.15. The average molecular weight is 357 g/mol. The Balaban J connectivity index is 1.65. The van der Waals surface area contributed by atoms with Gasteiger partial charge < -0.3 is 4.90 Å². The molecule has 0 spiro atoms. The Bertz CT molecular complexity index is 809. The van der Waals surface area contributed by atoms with Crippen molar-refractivity contribution >= 4 is 11.6 Å². The number of carbonyl (C=O) groups excluding carboxylic acids is 1. The van der Waals surface area contributed by atoms with Crippen LogP contribution in [0.15, 0.2) is 30.5 Å². The molecule has 138 valence electrons. The Hall–Kier alpha value is -2.74. The van der Waals surface area contributed by atoms with Gasteiger partial charge in [0, 0.05) is 39.3 Å². The minimum atomic E-state index is -0.541. The van der Waals surface area contributed by atoms with Crippen molar-refractivity contribution in [2.24, 2.45) is 0 Å². The summed E-state index contributed by atoms with van der Waals surface area (Å²) < 4.78 is 1.43. The SMILES string of the molecule is CCn1cc([N+](=O)[O-])c(C(=O)N2CCN(Cc3ccccc3C)CC2)n1. The minimum Gasteiger partial charge on any atom is -0.334 e. The molecular formula is C18H23N5O3. The Morgan fingerprint density at radius 3 is 2.54 bits per heavy atom. The molecule has 2 aromatic rings. The highest BCUT2D eigenvalue weighted by atomic mass is 16.6. The summed E-state index contributed by atoms with van der Waals surface area (Å²) in [6, 6.07) is 8.27. The van der Waals surface area contributed by atoms with Crippen LogP contribution in [0.4, 0.5) is 5.69 Å². The highest BCUT2D eigenvalue weighted by Crippen LogP contribution is 2.20. The van der Waals surface area contributed by atoms with E-state index in [9.17, 15) is 14.9 Å². The fraction of sp³-hybridized carbons (Fsp3) is 0.444. The Labute approximate surface area is 152 Å². The highest BCUT2D eigenvalue weighted by Gasteiger charge is 2.31. The summed E-state index contributed by atoms with van der Waals surface area (Å²) >= 11 is 0. The third-order valence-electron chi connectivity index (χ3n) is 4.78. The highest BCUT2D eigenvalue weighted by molar-refractivity contribution is 5.96. The first-order chi connectivity index (χ1) is 12.5. The summed E-state index contributed by atoms with van der Waals surface area (Å²) in [7, 11) is 0. The van der Waals surface area contributed by atoms with Gasteiger partial charge in [0.2, 0.25) is 5.69 Å². The summed E-state index contributed by atoms with van der Waals surface area (Å²) in [6.07, 6.45) is 1.32. The molecular weight excluding hydrogens is 334 g/mol. The van der Waals surface area contributed by atoms with E-state index in [1.165, 1.54) is 22.0 Å². The zero-order valence-corrected chi connectivity index (χ0v) is 15.1. The van der Waals surface area contributed by atoms with E-state index in [2.05, 4.69) is 29.1 Å². The van der Waals surface area contributed by atoms with Crippen LogP contribution in [0.3, 0.4) is 0 Å². The van der Waals surface area contributed by atoms with E-state index in [0.29, 0.717) is 19.6 Å². The summed E-state index contributed by atoms with van der Waals surface area (Å²) in [6.45, 7) is 7.82. The number of nitro groups is 1. The van der Waals surface area contributed by atoms with E-state index < -0.39 is 4.92 Å². The van der Waals surface area contributed by atoms with Crippen LogP contribution in [0.2, 0.25) is 0 Å². The molecule has 0 bridgehead atoms. The summed E-state index contributed by atoms with van der Waals surface area (Å²) in [5.41, 5.74) is 2.25. The van der Waals surface area contributed by atoms with Crippen LogP contribution in [-0.4, -0.2) is 56.6 Å². The second-order valence-corrected chi connectivity index (χ2v) is 6.47. The summed E-state index contributed by atoms with van der Waals surface area (Å²) in [4.78, 5) is 27.3. The molecule has 0 radical (unpaired) electrons.